The van der Waals surface area contributed by atoms with Gasteiger partial charge >= 0.3 is 0 Å². The van der Waals surface area contributed by atoms with Crippen LogP contribution in [0.1, 0.15) is 23.2 Å². The van der Waals surface area contributed by atoms with Gasteiger partial charge in [-0.15, -0.1) is 0 Å². The second kappa shape index (κ2) is 4.79. The molecule has 1 heterocycles. The van der Waals surface area contributed by atoms with E-state index in [0.29, 0.717) is 4.83 Å². The zero-order valence-corrected chi connectivity index (χ0v) is 10.1. The molecule has 1 aromatic carbocycles. The topological polar surface area (TPSA) is 20.3 Å². The summed E-state index contributed by atoms with van der Waals surface area (Å²) < 4.78 is 0. The van der Waals surface area contributed by atoms with E-state index in [1.54, 1.807) is 0 Å². The van der Waals surface area contributed by atoms with Crippen molar-refractivity contribution in [3.63, 3.8) is 0 Å². The normalized spacial score (nSPS) is 21.4. The number of alkyl halides is 1. The SMILES string of the molecule is O=Cc1ccccc1N1CCCC(Br)C1. The van der Waals surface area contributed by atoms with Crippen molar-refractivity contribution in [2.24, 2.45) is 0 Å². The van der Waals surface area contributed by atoms with Crippen LogP contribution in [0.3, 0.4) is 0 Å². The lowest BCUT2D eigenvalue weighted by atomic mass is 10.1. The van der Waals surface area contributed by atoms with Crippen LogP contribution in [0.4, 0.5) is 5.69 Å². The fraction of sp³-hybridized carbons (Fsp3) is 0.417. The molecule has 0 radical (unpaired) electrons. The molecule has 1 fully saturated rings. The third-order valence-corrected chi connectivity index (χ3v) is 3.52. The predicted octanol–water partition coefficient (Wildman–Crippen LogP) is 2.86. The summed E-state index contributed by atoms with van der Waals surface area (Å²) in [5.41, 5.74) is 1.86. The number of hydrogen-bond donors (Lipinski definition) is 0. The fourth-order valence-electron chi connectivity index (χ4n) is 2.02. The zero-order valence-electron chi connectivity index (χ0n) is 8.53. The summed E-state index contributed by atoms with van der Waals surface area (Å²) in [7, 11) is 0. The molecule has 0 aromatic heterocycles. The number of carbonyl (C=O) groups excluding carboxylic acids is 1. The van der Waals surface area contributed by atoms with Gasteiger partial charge in [-0.2, -0.15) is 0 Å². The molecule has 0 spiro atoms. The molecule has 0 N–H and O–H groups in total. The van der Waals surface area contributed by atoms with Crippen molar-refractivity contribution in [3.05, 3.63) is 29.8 Å². The molecule has 1 saturated heterocycles. The summed E-state index contributed by atoms with van der Waals surface area (Å²) in [5.74, 6) is 0. The van der Waals surface area contributed by atoms with Crippen LogP contribution >= 0.6 is 15.9 Å². The maximum Gasteiger partial charge on any atom is 0.152 e. The molecule has 15 heavy (non-hydrogen) atoms. The number of rotatable bonds is 2. The molecular formula is C12H14BrNO. The molecule has 2 rings (SSSR count). The van der Waals surface area contributed by atoms with E-state index in [2.05, 4.69) is 20.8 Å². The van der Waals surface area contributed by atoms with Crippen molar-refractivity contribution in [1.82, 2.24) is 0 Å². The first kappa shape index (κ1) is 10.7. The maximum atomic E-state index is 10.9. The Bertz CT molecular complexity index is 353. The van der Waals surface area contributed by atoms with E-state index < -0.39 is 0 Å². The van der Waals surface area contributed by atoms with E-state index in [-0.39, 0.29) is 0 Å². The largest absolute Gasteiger partial charge is 0.370 e. The predicted molar refractivity (Wildman–Crippen MR) is 66.0 cm³/mol. The van der Waals surface area contributed by atoms with Gasteiger partial charge in [-0.1, -0.05) is 28.1 Å². The molecule has 1 aliphatic rings. The summed E-state index contributed by atoms with van der Waals surface area (Å²) >= 11 is 3.64. The van der Waals surface area contributed by atoms with Crippen LogP contribution in [0.2, 0.25) is 0 Å². The molecular weight excluding hydrogens is 254 g/mol. The Morgan fingerprint density at radius 2 is 2.20 bits per heavy atom. The van der Waals surface area contributed by atoms with Crippen LogP contribution in [-0.4, -0.2) is 24.2 Å². The third-order valence-electron chi connectivity index (χ3n) is 2.77. The van der Waals surface area contributed by atoms with Gasteiger partial charge in [-0.05, 0) is 25.0 Å². The van der Waals surface area contributed by atoms with E-state index >= 15 is 0 Å². The third kappa shape index (κ3) is 2.40. The van der Waals surface area contributed by atoms with E-state index in [4.69, 9.17) is 0 Å². The van der Waals surface area contributed by atoms with Gasteiger partial charge in [0, 0.05) is 29.2 Å². The van der Waals surface area contributed by atoms with Gasteiger partial charge in [0.05, 0.1) is 0 Å². The summed E-state index contributed by atoms with van der Waals surface area (Å²) in [4.78, 5) is 13.7. The van der Waals surface area contributed by atoms with Crippen LogP contribution in [0, 0.1) is 0 Å². The Kier molecular flexibility index (Phi) is 3.41. The number of carbonyl (C=O) groups is 1. The van der Waals surface area contributed by atoms with E-state index in [0.717, 1.165) is 30.6 Å². The highest BCUT2D eigenvalue weighted by atomic mass is 79.9. The highest BCUT2D eigenvalue weighted by Gasteiger charge is 2.19. The first-order chi connectivity index (χ1) is 7.31. The average Bonchev–Trinajstić information content (AvgIpc) is 2.29. The number of nitrogens with zero attached hydrogens (tertiary/aromatic N) is 1. The van der Waals surface area contributed by atoms with Crippen molar-refractivity contribution in [1.29, 1.82) is 0 Å². The number of benzene rings is 1. The summed E-state index contributed by atoms with van der Waals surface area (Å²) in [5, 5.41) is 0. The minimum atomic E-state index is 0.547. The number of aldehydes is 1. The molecule has 1 unspecified atom stereocenters. The second-order valence-corrected chi connectivity index (χ2v) is 5.16. The van der Waals surface area contributed by atoms with Crippen molar-refractivity contribution in [2.45, 2.75) is 17.7 Å². The highest BCUT2D eigenvalue weighted by molar-refractivity contribution is 9.09. The molecule has 2 nitrogen and oxygen atoms in total. The number of piperidine rings is 1. The summed E-state index contributed by atoms with van der Waals surface area (Å²) in [6.45, 7) is 2.04. The summed E-state index contributed by atoms with van der Waals surface area (Å²) in [6.07, 6.45) is 3.34. The number of anilines is 1. The van der Waals surface area contributed by atoms with Crippen LogP contribution in [0.15, 0.2) is 24.3 Å². The average molecular weight is 268 g/mol. The lowest BCUT2D eigenvalue weighted by Gasteiger charge is -2.32. The molecule has 0 bridgehead atoms. The molecule has 1 aliphatic heterocycles. The zero-order chi connectivity index (χ0) is 10.7. The van der Waals surface area contributed by atoms with Gasteiger partial charge in [0.2, 0.25) is 0 Å². The Balaban J connectivity index is 2.24. The molecule has 0 saturated carbocycles. The van der Waals surface area contributed by atoms with Gasteiger partial charge < -0.3 is 4.90 Å². The molecule has 80 valence electrons. The molecule has 3 heteroatoms. The fourth-order valence-corrected chi connectivity index (χ4v) is 2.69. The standard InChI is InChI=1S/C12H14BrNO/c13-11-5-3-7-14(8-11)12-6-2-1-4-10(12)9-15/h1-2,4,6,9,11H,3,5,7-8H2. The van der Waals surface area contributed by atoms with E-state index in [1.807, 2.05) is 24.3 Å². The Morgan fingerprint density at radius 3 is 2.93 bits per heavy atom. The smallest absolute Gasteiger partial charge is 0.152 e. The molecule has 1 atom stereocenters. The number of para-hydroxylation sites is 1. The van der Waals surface area contributed by atoms with Crippen LogP contribution < -0.4 is 4.90 Å². The van der Waals surface area contributed by atoms with Crippen molar-refractivity contribution in [3.8, 4) is 0 Å². The number of hydrogen-bond acceptors (Lipinski definition) is 2. The lowest BCUT2D eigenvalue weighted by molar-refractivity contribution is 0.112. The monoisotopic (exact) mass is 267 g/mol. The maximum absolute atomic E-state index is 10.9. The van der Waals surface area contributed by atoms with E-state index in [1.165, 1.54) is 12.8 Å². The summed E-state index contributed by atoms with van der Waals surface area (Å²) in [6, 6.07) is 7.79. The second-order valence-electron chi connectivity index (χ2n) is 3.86. The molecule has 0 aliphatic carbocycles. The van der Waals surface area contributed by atoms with Gasteiger partial charge in [-0.25, -0.2) is 0 Å². The quantitative estimate of drug-likeness (QED) is 0.607. The van der Waals surface area contributed by atoms with Gasteiger partial charge in [0.15, 0.2) is 6.29 Å². The first-order valence-electron chi connectivity index (χ1n) is 5.24. The van der Waals surface area contributed by atoms with Crippen LogP contribution in [0.25, 0.3) is 0 Å². The lowest BCUT2D eigenvalue weighted by Crippen LogP contribution is -2.36. The van der Waals surface area contributed by atoms with Crippen molar-refractivity contribution < 1.29 is 4.79 Å². The Morgan fingerprint density at radius 1 is 1.40 bits per heavy atom. The first-order valence-corrected chi connectivity index (χ1v) is 6.16. The van der Waals surface area contributed by atoms with Gasteiger partial charge in [0.1, 0.15) is 0 Å². The van der Waals surface area contributed by atoms with Crippen LogP contribution in [-0.2, 0) is 0 Å². The van der Waals surface area contributed by atoms with E-state index in [9.17, 15) is 4.79 Å². The minimum absolute atomic E-state index is 0.547. The molecule has 0 amide bonds. The van der Waals surface area contributed by atoms with Crippen LogP contribution in [0.5, 0.6) is 0 Å². The highest BCUT2D eigenvalue weighted by Crippen LogP contribution is 2.25. The minimum Gasteiger partial charge on any atom is -0.370 e. The van der Waals surface area contributed by atoms with Crippen molar-refractivity contribution >= 4 is 27.9 Å². The Labute approximate surface area is 98.4 Å². The number of halogens is 1. The molecule has 1 aromatic rings. The van der Waals surface area contributed by atoms with Gasteiger partial charge in [-0.3, -0.25) is 4.79 Å². The van der Waals surface area contributed by atoms with Crippen molar-refractivity contribution in [2.75, 3.05) is 18.0 Å². The van der Waals surface area contributed by atoms with Gasteiger partial charge in [0.25, 0.3) is 0 Å². The Hall–Kier alpha value is -0.830.